The van der Waals surface area contributed by atoms with Gasteiger partial charge in [0.1, 0.15) is 16.5 Å². The van der Waals surface area contributed by atoms with Crippen LogP contribution in [-0.2, 0) is 12.8 Å². The first-order valence-corrected chi connectivity index (χ1v) is 7.88. The van der Waals surface area contributed by atoms with Crippen LogP contribution in [0, 0.1) is 5.82 Å². The molecular formula is C16H14FN3S. The van der Waals surface area contributed by atoms with Crippen LogP contribution in [0.1, 0.15) is 23.3 Å². The molecule has 0 saturated heterocycles. The van der Waals surface area contributed by atoms with Crippen LogP contribution < -0.4 is 5.73 Å². The van der Waals surface area contributed by atoms with Crippen LogP contribution in [0.25, 0.3) is 21.6 Å². The molecule has 21 heavy (non-hydrogen) atoms. The average Bonchev–Trinajstić information content (AvgIpc) is 2.86. The normalized spacial score (nSPS) is 14.3. The number of hydrogen-bond acceptors (Lipinski definition) is 4. The Hall–Kier alpha value is -2.01. The molecule has 1 aromatic carbocycles. The summed E-state index contributed by atoms with van der Waals surface area (Å²) in [6, 6.07) is 6.31. The van der Waals surface area contributed by atoms with E-state index in [1.54, 1.807) is 23.5 Å². The molecule has 0 unspecified atom stereocenters. The van der Waals surface area contributed by atoms with E-state index >= 15 is 0 Å². The number of aromatic nitrogens is 2. The summed E-state index contributed by atoms with van der Waals surface area (Å²) in [7, 11) is 0. The highest BCUT2D eigenvalue weighted by atomic mass is 32.1. The van der Waals surface area contributed by atoms with Crippen LogP contribution in [0.15, 0.2) is 24.3 Å². The molecule has 4 rings (SSSR count). The fraction of sp³-hybridized carbons (Fsp3) is 0.250. The van der Waals surface area contributed by atoms with Crippen molar-refractivity contribution in [1.82, 2.24) is 9.97 Å². The van der Waals surface area contributed by atoms with Crippen LogP contribution in [0.3, 0.4) is 0 Å². The van der Waals surface area contributed by atoms with Gasteiger partial charge >= 0.3 is 0 Å². The molecule has 1 aliphatic rings. The second-order valence-electron chi connectivity index (χ2n) is 5.33. The molecule has 2 heterocycles. The van der Waals surface area contributed by atoms with E-state index in [1.165, 1.54) is 35.4 Å². The van der Waals surface area contributed by atoms with E-state index in [0.717, 1.165) is 23.1 Å². The summed E-state index contributed by atoms with van der Waals surface area (Å²) in [6.45, 7) is 0. The van der Waals surface area contributed by atoms with Crippen molar-refractivity contribution in [3.05, 3.63) is 40.5 Å². The maximum Gasteiger partial charge on any atom is 0.163 e. The maximum atomic E-state index is 13.4. The molecule has 2 aromatic heterocycles. The standard InChI is InChI=1S/C16H14FN3S/c17-10-5-3-4-9(8-10)15-19-14(18)13-11-6-1-2-7-12(11)21-16(13)20-15/h3-5,8H,1-2,6-7H2,(H2,18,19,20). The van der Waals surface area contributed by atoms with Gasteiger partial charge in [-0.25, -0.2) is 14.4 Å². The molecular weight excluding hydrogens is 285 g/mol. The minimum Gasteiger partial charge on any atom is -0.383 e. The number of nitrogen functional groups attached to an aromatic ring is 1. The van der Waals surface area contributed by atoms with Gasteiger partial charge in [0.2, 0.25) is 0 Å². The Morgan fingerprint density at radius 3 is 2.86 bits per heavy atom. The third-order valence-electron chi connectivity index (χ3n) is 3.93. The largest absolute Gasteiger partial charge is 0.383 e. The van der Waals surface area contributed by atoms with Gasteiger partial charge in [-0.3, -0.25) is 0 Å². The molecule has 0 saturated carbocycles. The van der Waals surface area contributed by atoms with Crippen molar-refractivity contribution in [3.8, 4) is 11.4 Å². The number of anilines is 1. The minimum absolute atomic E-state index is 0.291. The van der Waals surface area contributed by atoms with E-state index in [0.29, 0.717) is 17.2 Å². The quantitative estimate of drug-likeness (QED) is 0.740. The lowest BCUT2D eigenvalue weighted by atomic mass is 9.97. The lowest BCUT2D eigenvalue weighted by Gasteiger charge is -2.10. The van der Waals surface area contributed by atoms with E-state index in [-0.39, 0.29) is 5.82 Å². The van der Waals surface area contributed by atoms with Gasteiger partial charge in [0.15, 0.2) is 5.82 Å². The van der Waals surface area contributed by atoms with Crippen molar-refractivity contribution >= 4 is 27.4 Å². The number of nitrogens with two attached hydrogens (primary N) is 1. The minimum atomic E-state index is -0.291. The van der Waals surface area contributed by atoms with Crippen LogP contribution in [0.5, 0.6) is 0 Å². The molecule has 5 heteroatoms. The molecule has 0 spiro atoms. The highest BCUT2D eigenvalue weighted by Gasteiger charge is 2.20. The first kappa shape index (κ1) is 12.7. The van der Waals surface area contributed by atoms with Gasteiger partial charge in [0.05, 0.1) is 5.39 Å². The van der Waals surface area contributed by atoms with E-state index in [9.17, 15) is 4.39 Å². The van der Waals surface area contributed by atoms with Gasteiger partial charge < -0.3 is 5.73 Å². The second kappa shape index (κ2) is 4.77. The first-order chi connectivity index (χ1) is 10.2. The van der Waals surface area contributed by atoms with Gasteiger partial charge in [-0.15, -0.1) is 11.3 Å². The predicted octanol–water partition coefficient (Wildman–Crippen LogP) is 3.96. The zero-order valence-electron chi connectivity index (χ0n) is 11.4. The Bertz CT molecular complexity index is 841. The Morgan fingerprint density at radius 1 is 1.14 bits per heavy atom. The fourth-order valence-electron chi connectivity index (χ4n) is 2.94. The lowest BCUT2D eigenvalue weighted by molar-refractivity contribution is 0.628. The molecule has 2 N–H and O–H groups in total. The average molecular weight is 299 g/mol. The Morgan fingerprint density at radius 2 is 2.00 bits per heavy atom. The molecule has 0 fully saturated rings. The SMILES string of the molecule is Nc1nc(-c2cccc(F)c2)nc2sc3c(c12)CCCC3. The van der Waals surface area contributed by atoms with Gasteiger partial charge in [-0.2, -0.15) is 0 Å². The highest BCUT2D eigenvalue weighted by molar-refractivity contribution is 7.19. The molecule has 0 bridgehead atoms. The molecule has 0 atom stereocenters. The zero-order chi connectivity index (χ0) is 14.4. The van der Waals surface area contributed by atoms with Gasteiger partial charge in [-0.05, 0) is 43.4 Å². The van der Waals surface area contributed by atoms with E-state index in [1.807, 2.05) is 0 Å². The molecule has 106 valence electrons. The zero-order valence-corrected chi connectivity index (χ0v) is 12.2. The number of aryl methyl sites for hydroxylation is 2. The molecule has 3 aromatic rings. The summed E-state index contributed by atoms with van der Waals surface area (Å²) in [6.07, 6.45) is 4.58. The van der Waals surface area contributed by atoms with E-state index in [2.05, 4.69) is 9.97 Å². The van der Waals surface area contributed by atoms with Crippen LogP contribution in [-0.4, -0.2) is 9.97 Å². The smallest absolute Gasteiger partial charge is 0.163 e. The number of rotatable bonds is 1. The van der Waals surface area contributed by atoms with Crippen LogP contribution >= 0.6 is 11.3 Å². The number of benzene rings is 1. The summed E-state index contributed by atoms with van der Waals surface area (Å²) in [4.78, 5) is 11.3. The maximum absolute atomic E-state index is 13.4. The number of thiophene rings is 1. The highest BCUT2D eigenvalue weighted by Crippen LogP contribution is 2.38. The van der Waals surface area contributed by atoms with E-state index in [4.69, 9.17) is 5.73 Å². The van der Waals surface area contributed by atoms with Crippen molar-refractivity contribution in [3.63, 3.8) is 0 Å². The Kier molecular flexibility index (Phi) is 2.89. The van der Waals surface area contributed by atoms with Crippen molar-refractivity contribution in [2.45, 2.75) is 25.7 Å². The number of hydrogen-bond donors (Lipinski definition) is 1. The summed E-state index contributed by atoms with van der Waals surface area (Å²) < 4.78 is 13.4. The predicted molar refractivity (Wildman–Crippen MR) is 83.9 cm³/mol. The van der Waals surface area contributed by atoms with E-state index < -0.39 is 0 Å². The third kappa shape index (κ3) is 2.08. The molecule has 0 radical (unpaired) electrons. The number of nitrogens with zero attached hydrogens (tertiary/aromatic N) is 2. The summed E-state index contributed by atoms with van der Waals surface area (Å²) in [5.74, 6) is 0.719. The Labute approximate surface area is 125 Å². The van der Waals surface area contributed by atoms with Crippen molar-refractivity contribution < 1.29 is 4.39 Å². The third-order valence-corrected chi connectivity index (χ3v) is 5.11. The Balaban J connectivity index is 1.93. The van der Waals surface area contributed by atoms with Crippen molar-refractivity contribution in [1.29, 1.82) is 0 Å². The summed E-state index contributed by atoms with van der Waals surface area (Å²) in [5.41, 5.74) is 8.15. The first-order valence-electron chi connectivity index (χ1n) is 7.06. The summed E-state index contributed by atoms with van der Waals surface area (Å²) >= 11 is 1.70. The lowest BCUT2D eigenvalue weighted by Crippen LogP contribution is -2.01. The fourth-order valence-corrected chi connectivity index (χ4v) is 4.21. The van der Waals surface area contributed by atoms with Crippen LogP contribution in [0.4, 0.5) is 10.2 Å². The van der Waals surface area contributed by atoms with Gasteiger partial charge in [0, 0.05) is 10.4 Å². The second-order valence-corrected chi connectivity index (χ2v) is 6.42. The monoisotopic (exact) mass is 299 g/mol. The topological polar surface area (TPSA) is 51.8 Å². The van der Waals surface area contributed by atoms with Gasteiger partial charge in [-0.1, -0.05) is 12.1 Å². The molecule has 3 nitrogen and oxygen atoms in total. The number of halogens is 1. The van der Waals surface area contributed by atoms with Crippen molar-refractivity contribution in [2.75, 3.05) is 5.73 Å². The van der Waals surface area contributed by atoms with Gasteiger partial charge in [0.25, 0.3) is 0 Å². The molecule has 1 aliphatic carbocycles. The van der Waals surface area contributed by atoms with Crippen molar-refractivity contribution in [2.24, 2.45) is 0 Å². The van der Waals surface area contributed by atoms with Crippen LogP contribution in [0.2, 0.25) is 0 Å². The molecule has 0 aliphatic heterocycles. The number of fused-ring (bicyclic) bond motifs is 3. The summed E-state index contributed by atoms with van der Waals surface area (Å²) in [5, 5.41) is 1.01. The molecule has 0 amide bonds.